The summed E-state index contributed by atoms with van der Waals surface area (Å²) >= 11 is 0. The zero-order chi connectivity index (χ0) is 15.3. The molecule has 1 aliphatic carbocycles. The van der Waals surface area contributed by atoms with Gasteiger partial charge in [-0.15, -0.1) is 0 Å². The maximum absolute atomic E-state index is 12.5. The normalized spacial score (nSPS) is 17.3. The van der Waals surface area contributed by atoms with Gasteiger partial charge in [0.15, 0.2) is 0 Å². The lowest BCUT2D eigenvalue weighted by atomic mass is 9.81. The standard InChI is InChI=1S/C17H26N2O2/c1-14-6-8-15(9-7-14)21-13-12-19(2)16(20)17(18)10-4-3-5-11-17/h6-9H,3-5,10-13,18H2,1-2H3. The highest BCUT2D eigenvalue weighted by molar-refractivity contribution is 5.86. The molecule has 1 aromatic carbocycles. The van der Waals surface area contributed by atoms with Crippen molar-refractivity contribution in [2.75, 3.05) is 20.2 Å². The summed E-state index contributed by atoms with van der Waals surface area (Å²) < 4.78 is 5.67. The Morgan fingerprint density at radius 3 is 2.48 bits per heavy atom. The summed E-state index contributed by atoms with van der Waals surface area (Å²) in [6.45, 7) is 3.09. The third-order valence-corrected chi connectivity index (χ3v) is 4.23. The van der Waals surface area contributed by atoms with Gasteiger partial charge in [0.1, 0.15) is 12.4 Å². The van der Waals surface area contributed by atoms with Crippen LogP contribution in [0.5, 0.6) is 5.75 Å². The van der Waals surface area contributed by atoms with E-state index in [0.717, 1.165) is 31.4 Å². The van der Waals surface area contributed by atoms with Crippen LogP contribution in [0, 0.1) is 6.92 Å². The average molecular weight is 290 g/mol. The Kier molecular flexibility index (Phi) is 5.23. The van der Waals surface area contributed by atoms with Gasteiger partial charge in [0.05, 0.1) is 12.1 Å². The molecule has 0 aromatic heterocycles. The molecule has 1 fully saturated rings. The first-order valence-electron chi connectivity index (χ1n) is 7.75. The van der Waals surface area contributed by atoms with Crippen LogP contribution in [0.4, 0.5) is 0 Å². The zero-order valence-electron chi connectivity index (χ0n) is 13.1. The van der Waals surface area contributed by atoms with Crippen molar-refractivity contribution >= 4 is 5.91 Å². The number of aryl methyl sites for hydroxylation is 1. The molecule has 1 aromatic rings. The summed E-state index contributed by atoms with van der Waals surface area (Å²) in [5.74, 6) is 0.885. The third kappa shape index (κ3) is 4.21. The molecular formula is C17H26N2O2. The van der Waals surface area contributed by atoms with Gasteiger partial charge in [0.25, 0.3) is 0 Å². The van der Waals surface area contributed by atoms with E-state index in [2.05, 4.69) is 0 Å². The Balaban J connectivity index is 1.79. The number of nitrogens with zero attached hydrogens (tertiary/aromatic N) is 1. The highest BCUT2D eigenvalue weighted by Crippen LogP contribution is 2.27. The predicted molar refractivity (Wildman–Crippen MR) is 84.3 cm³/mol. The van der Waals surface area contributed by atoms with E-state index in [4.69, 9.17) is 10.5 Å². The van der Waals surface area contributed by atoms with Gasteiger partial charge < -0.3 is 15.4 Å². The lowest BCUT2D eigenvalue weighted by Crippen LogP contribution is -2.55. The molecule has 0 saturated heterocycles. The van der Waals surface area contributed by atoms with Gasteiger partial charge >= 0.3 is 0 Å². The smallest absolute Gasteiger partial charge is 0.242 e. The number of carbonyl (C=O) groups is 1. The predicted octanol–water partition coefficient (Wildman–Crippen LogP) is 2.49. The molecule has 0 radical (unpaired) electrons. The van der Waals surface area contributed by atoms with Crippen LogP contribution < -0.4 is 10.5 Å². The van der Waals surface area contributed by atoms with Gasteiger partial charge in [-0.25, -0.2) is 0 Å². The van der Waals surface area contributed by atoms with E-state index in [9.17, 15) is 4.79 Å². The number of hydrogen-bond donors (Lipinski definition) is 1. The fourth-order valence-electron chi connectivity index (χ4n) is 2.81. The van der Waals surface area contributed by atoms with Crippen LogP contribution in [0.1, 0.15) is 37.7 Å². The molecule has 1 amide bonds. The fourth-order valence-corrected chi connectivity index (χ4v) is 2.81. The Bertz CT molecular complexity index is 464. The van der Waals surface area contributed by atoms with Crippen molar-refractivity contribution in [1.82, 2.24) is 4.90 Å². The first-order chi connectivity index (χ1) is 10.0. The van der Waals surface area contributed by atoms with Gasteiger partial charge in [0, 0.05) is 7.05 Å². The number of nitrogens with two attached hydrogens (primary N) is 1. The molecule has 0 heterocycles. The van der Waals surface area contributed by atoms with Crippen molar-refractivity contribution in [1.29, 1.82) is 0 Å². The SMILES string of the molecule is Cc1ccc(OCCN(C)C(=O)C2(N)CCCCC2)cc1. The van der Waals surface area contributed by atoms with E-state index in [0.29, 0.717) is 13.2 Å². The maximum atomic E-state index is 12.5. The van der Waals surface area contributed by atoms with Gasteiger partial charge in [-0.05, 0) is 31.9 Å². The number of benzene rings is 1. The Hall–Kier alpha value is -1.55. The molecule has 1 aliphatic rings. The van der Waals surface area contributed by atoms with Crippen molar-refractivity contribution in [3.63, 3.8) is 0 Å². The van der Waals surface area contributed by atoms with E-state index in [-0.39, 0.29) is 5.91 Å². The third-order valence-electron chi connectivity index (χ3n) is 4.23. The minimum atomic E-state index is -0.656. The molecule has 0 atom stereocenters. The van der Waals surface area contributed by atoms with E-state index < -0.39 is 5.54 Å². The molecule has 0 bridgehead atoms. The molecular weight excluding hydrogens is 264 g/mol. The monoisotopic (exact) mass is 290 g/mol. The lowest BCUT2D eigenvalue weighted by molar-refractivity contribution is -0.137. The second kappa shape index (κ2) is 6.94. The summed E-state index contributed by atoms with van der Waals surface area (Å²) in [6, 6.07) is 7.92. The molecule has 4 nitrogen and oxygen atoms in total. The fraction of sp³-hybridized carbons (Fsp3) is 0.588. The summed E-state index contributed by atoms with van der Waals surface area (Å²) in [5, 5.41) is 0. The number of carbonyl (C=O) groups excluding carboxylic acids is 1. The lowest BCUT2D eigenvalue weighted by Gasteiger charge is -2.35. The number of rotatable bonds is 5. The summed E-state index contributed by atoms with van der Waals surface area (Å²) in [5.41, 5.74) is 6.82. The van der Waals surface area contributed by atoms with Crippen molar-refractivity contribution in [2.45, 2.75) is 44.6 Å². The van der Waals surface area contributed by atoms with Crippen molar-refractivity contribution < 1.29 is 9.53 Å². The van der Waals surface area contributed by atoms with Crippen LogP contribution in [0.15, 0.2) is 24.3 Å². The van der Waals surface area contributed by atoms with Crippen molar-refractivity contribution in [3.05, 3.63) is 29.8 Å². The van der Waals surface area contributed by atoms with Crippen LogP contribution in [0.3, 0.4) is 0 Å². The van der Waals surface area contributed by atoms with Crippen LogP contribution in [-0.4, -0.2) is 36.5 Å². The Morgan fingerprint density at radius 2 is 1.86 bits per heavy atom. The Labute approximate surface area is 127 Å². The number of hydrogen-bond acceptors (Lipinski definition) is 3. The summed E-state index contributed by atoms with van der Waals surface area (Å²) in [6.07, 6.45) is 4.89. The molecule has 2 N–H and O–H groups in total. The summed E-state index contributed by atoms with van der Waals surface area (Å²) in [4.78, 5) is 14.2. The molecule has 116 valence electrons. The number of amides is 1. The van der Waals surface area contributed by atoms with E-state index in [1.165, 1.54) is 12.0 Å². The second-order valence-electron chi connectivity index (χ2n) is 6.11. The van der Waals surface area contributed by atoms with Gasteiger partial charge in [-0.1, -0.05) is 37.0 Å². The number of likely N-dealkylation sites (N-methyl/N-ethyl adjacent to an activating group) is 1. The average Bonchev–Trinajstić information content (AvgIpc) is 2.49. The van der Waals surface area contributed by atoms with Crippen molar-refractivity contribution in [3.8, 4) is 5.75 Å². The van der Waals surface area contributed by atoms with Crippen LogP contribution in [0.25, 0.3) is 0 Å². The molecule has 4 heteroatoms. The topological polar surface area (TPSA) is 55.6 Å². The highest BCUT2D eigenvalue weighted by atomic mass is 16.5. The second-order valence-corrected chi connectivity index (χ2v) is 6.11. The largest absolute Gasteiger partial charge is 0.492 e. The van der Waals surface area contributed by atoms with Crippen molar-refractivity contribution in [2.24, 2.45) is 5.73 Å². The first-order valence-corrected chi connectivity index (χ1v) is 7.75. The minimum Gasteiger partial charge on any atom is -0.492 e. The van der Waals surface area contributed by atoms with Crippen LogP contribution in [0.2, 0.25) is 0 Å². The molecule has 2 rings (SSSR count). The quantitative estimate of drug-likeness (QED) is 0.906. The molecule has 21 heavy (non-hydrogen) atoms. The van der Waals surface area contributed by atoms with E-state index in [1.54, 1.807) is 4.90 Å². The molecule has 0 spiro atoms. The highest BCUT2D eigenvalue weighted by Gasteiger charge is 2.37. The Morgan fingerprint density at radius 1 is 1.24 bits per heavy atom. The van der Waals surface area contributed by atoms with Crippen LogP contribution in [-0.2, 0) is 4.79 Å². The first kappa shape index (κ1) is 15.8. The zero-order valence-corrected chi connectivity index (χ0v) is 13.1. The molecule has 0 unspecified atom stereocenters. The van der Waals surface area contributed by atoms with Gasteiger partial charge in [-0.2, -0.15) is 0 Å². The number of ether oxygens (including phenoxy) is 1. The minimum absolute atomic E-state index is 0.0507. The van der Waals surface area contributed by atoms with Gasteiger partial charge in [0.2, 0.25) is 5.91 Å². The summed E-state index contributed by atoms with van der Waals surface area (Å²) in [7, 11) is 1.81. The molecule has 0 aliphatic heterocycles. The van der Waals surface area contributed by atoms with E-state index >= 15 is 0 Å². The van der Waals surface area contributed by atoms with Gasteiger partial charge in [-0.3, -0.25) is 4.79 Å². The molecule has 1 saturated carbocycles. The van der Waals surface area contributed by atoms with Crippen LogP contribution >= 0.6 is 0 Å². The maximum Gasteiger partial charge on any atom is 0.242 e. The van der Waals surface area contributed by atoms with E-state index in [1.807, 2.05) is 38.2 Å².